The number of hydrogen-bond donors (Lipinski definition) is 0. The van der Waals surface area contributed by atoms with Crippen LogP contribution in [0.4, 0.5) is 4.39 Å². The maximum absolute atomic E-state index is 14.5. The maximum atomic E-state index is 14.5. The minimum atomic E-state index is -0.545. The number of hydrogen-bond acceptors (Lipinski definition) is 3. The van der Waals surface area contributed by atoms with Gasteiger partial charge in [0, 0.05) is 0 Å². The first-order valence-electron chi connectivity index (χ1n) is 7.73. The lowest BCUT2D eigenvalue weighted by Gasteiger charge is -2.39. The smallest absolute Gasteiger partial charge is 0.186 e. The van der Waals surface area contributed by atoms with Gasteiger partial charge in [0.15, 0.2) is 17.3 Å². The molecule has 4 heteroatoms. The van der Waals surface area contributed by atoms with Crippen LogP contribution in [0, 0.1) is 5.82 Å². The zero-order valence-corrected chi connectivity index (χ0v) is 13.1. The number of carbonyl (C=O) groups is 1. The van der Waals surface area contributed by atoms with Gasteiger partial charge < -0.3 is 4.74 Å². The summed E-state index contributed by atoms with van der Waals surface area (Å²) in [7, 11) is 1.42. The largest absolute Gasteiger partial charge is 0.494 e. The lowest BCUT2D eigenvalue weighted by atomic mass is 9.85. The van der Waals surface area contributed by atoms with Crippen molar-refractivity contribution < 1.29 is 13.9 Å². The molecule has 1 fully saturated rings. The van der Waals surface area contributed by atoms with Crippen LogP contribution >= 0.6 is 0 Å². The van der Waals surface area contributed by atoms with Crippen LogP contribution in [0.3, 0.4) is 0 Å². The van der Waals surface area contributed by atoms with E-state index in [4.69, 9.17) is 4.74 Å². The van der Waals surface area contributed by atoms with Gasteiger partial charge in [0.25, 0.3) is 0 Å². The van der Waals surface area contributed by atoms with Gasteiger partial charge in [-0.1, -0.05) is 32.8 Å². The van der Waals surface area contributed by atoms with Crippen LogP contribution < -0.4 is 4.74 Å². The molecule has 1 aromatic carbocycles. The minimum absolute atomic E-state index is 0.0971. The van der Waals surface area contributed by atoms with E-state index < -0.39 is 11.4 Å². The summed E-state index contributed by atoms with van der Waals surface area (Å²) in [5, 5.41) is 0. The van der Waals surface area contributed by atoms with E-state index in [1.807, 2.05) is 0 Å². The van der Waals surface area contributed by atoms with E-state index in [2.05, 4.69) is 18.7 Å². The van der Waals surface area contributed by atoms with Crippen LogP contribution in [-0.4, -0.2) is 36.4 Å². The molecule has 0 heterocycles. The highest BCUT2D eigenvalue weighted by Crippen LogP contribution is 2.39. The van der Waals surface area contributed by atoms with E-state index in [-0.39, 0.29) is 17.1 Å². The third kappa shape index (κ3) is 2.69. The standard InChI is InChI=1S/C17H24FNO2/c1-4-19(5-2)17(11-6-7-12-17)16(20)13-9-8-10-14(21-3)15(13)18/h8-10H,4-7,11-12H2,1-3H3. The Morgan fingerprint density at radius 2 is 1.90 bits per heavy atom. The Morgan fingerprint density at radius 1 is 1.29 bits per heavy atom. The van der Waals surface area contributed by atoms with E-state index in [0.29, 0.717) is 0 Å². The van der Waals surface area contributed by atoms with Crippen molar-refractivity contribution in [2.45, 2.75) is 45.1 Å². The van der Waals surface area contributed by atoms with Crippen LogP contribution in [-0.2, 0) is 0 Å². The molecule has 0 atom stereocenters. The molecule has 1 aliphatic rings. The number of ketones is 1. The predicted octanol–water partition coefficient (Wildman–Crippen LogP) is 3.67. The SMILES string of the molecule is CCN(CC)C1(C(=O)c2cccc(OC)c2F)CCCC1. The van der Waals surface area contributed by atoms with E-state index in [1.54, 1.807) is 18.2 Å². The summed E-state index contributed by atoms with van der Waals surface area (Å²) in [4.78, 5) is 15.3. The summed E-state index contributed by atoms with van der Waals surface area (Å²) < 4.78 is 19.5. The first-order valence-corrected chi connectivity index (χ1v) is 7.73. The van der Waals surface area contributed by atoms with E-state index >= 15 is 0 Å². The Labute approximate surface area is 126 Å². The van der Waals surface area contributed by atoms with Gasteiger partial charge in [-0.3, -0.25) is 9.69 Å². The van der Waals surface area contributed by atoms with Crippen molar-refractivity contribution in [3.05, 3.63) is 29.6 Å². The van der Waals surface area contributed by atoms with Gasteiger partial charge in [0.05, 0.1) is 18.2 Å². The molecule has 0 aliphatic heterocycles. The highest BCUT2D eigenvalue weighted by Gasteiger charge is 2.46. The van der Waals surface area contributed by atoms with Crippen LogP contribution in [0.5, 0.6) is 5.75 Å². The zero-order valence-electron chi connectivity index (χ0n) is 13.1. The third-order valence-electron chi connectivity index (χ3n) is 4.65. The lowest BCUT2D eigenvalue weighted by Crippen LogP contribution is -2.52. The molecule has 0 N–H and O–H groups in total. The van der Waals surface area contributed by atoms with E-state index in [1.165, 1.54) is 7.11 Å². The van der Waals surface area contributed by atoms with E-state index in [9.17, 15) is 9.18 Å². The van der Waals surface area contributed by atoms with Crippen molar-refractivity contribution in [2.24, 2.45) is 0 Å². The fourth-order valence-corrected chi connectivity index (χ4v) is 3.57. The average molecular weight is 293 g/mol. The number of rotatable bonds is 6. The molecule has 2 rings (SSSR count). The summed E-state index contributed by atoms with van der Waals surface area (Å²) in [6.07, 6.45) is 3.66. The van der Waals surface area contributed by atoms with Gasteiger partial charge >= 0.3 is 0 Å². The van der Waals surface area contributed by atoms with Gasteiger partial charge in [0.2, 0.25) is 0 Å². The van der Waals surface area contributed by atoms with Crippen molar-refractivity contribution >= 4 is 5.78 Å². The molecular formula is C17H24FNO2. The van der Waals surface area contributed by atoms with Gasteiger partial charge in [-0.25, -0.2) is 4.39 Å². The molecule has 0 amide bonds. The number of Topliss-reactive ketones (excluding diaryl/α,β-unsaturated/α-hetero) is 1. The first kappa shape index (κ1) is 16.0. The molecule has 0 bridgehead atoms. The Kier molecular flexibility index (Phi) is 4.99. The van der Waals surface area contributed by atoms with Crippen LogP contribution in [0.15, 0.2) is 18.2 Å². The molecule has 1 aliphatic carbocycles. The topological polar surface area (TPSA) is 29.5 Å². The molecule has 116 valence electrons. The normalized spacial score (nSPS) is 17.2. The Morgan fingerprint density at radius 3 is 2.43 bits per heavy atom. The predicted molar refractivity (Wildman–Crippen MR) is 81.4 cm³/mol. The van der Waals surface area contributed by atoms with E-state index in [0.717, 1.165) is 38.8 Å². The summed E-state index contributed by atoms with van der Waals surface area (Å²) in [6, 6.07) is 4.80. The van der Waals surface area contributed by atoms with Crippen molar-refractivity contribution in [1.82, 2.24) is 4.90 Å². The molecular weight excluding hydrogens is 269 g/mol. The number of halogens is 1. The first-order chi connectivity index (χ1) is 10.1. The van der Waals surface area contributed by atoms with Crippen molar-refractivity contribution in [1.29, 1.82) is 0 Å². The van der Waals surface area contributed by atoms with Crippen molar-refractivity contribution in [3.63, 3.8) is 0 Å². The highest BCUT2D eigenvalue weighted by atomic mass is 19.1. The third-order valence-corrected chi connectivity index (χ3v) is 4.65. The van der Waals surface area contributed by atoms with Crippen LogP contribution in [0.2, 0.25) is 0 Å². The maximum Gasteiger partial charge on any atom is 0.186 e. The quantitative estimate of drug-likeness (QED) is 0.749. The number of methoxy groups -OCH3 is 1. The van der Waals surface area contributed by atoms with Crippen LogP contribution in [0.25, 0.3) is 0 Å². The van der Waals surface area contributed by atoms with Crippen molar-refractivity contribution in [2.75, 3.05) is 20.2 Å². The highest BCUT2D eigenvalue weighted by molar-refractivity contribution is 6.04. The molecule has 21 heavy (non-hydrogen) atoms. The fourth-order valence-electron chi connectivity index (χ4n) is 3.57. The monoisotopic (exact) mass is 293 g/mol. The second-order valence-corrected chi connectivity index (χ2v) is 5.56. The molecule has 3 nitrogen and oxygen atoms in total. The second-order valence-electron chi connectivity index (χ2n) is 5.56. The molecule has 1 aromatic rings. The average Bonchev–Trinajstić information content (AvgIpc) is 2.99. The molecule has 0 saturated heterocycles. The Hall–Kier alpha value is -1.42. The molecule has 0 spiro atoms. The van der Waals surface area contributed by atoms with Gasteiger partial charge in [-0.15, -0.1) is 0 Å². The zero-order chi connectivity index (χ0) is 15.5. The van der Waals surface area contributed by atoms with Crippen LogP contribution in [0.1, 0.15) is 49.9 Å². The lowest BCUT2D eigenvalue weighted by molar-refractivity contribution is 0.0579. The van der Waals surface area contributed by atoms with Crippen molar-refractivity contribution in [3.8, 4) is 5.75 Å². The molecule has 0 unspecified atom stereocenters. The molecule has 0 radical (unpaired) electrons. The van der Waals surface area contributed by atoms with Gasteiger partial charge in [0.1, 0.15) is 0 Å². The number of ether oxygens (including phenoxy) is 1. The van der Waals surface area contributed by atoms with Gasteiger partial charge in [-0.05, 0) is 38.1 Å². The summed E-state index contributed by atoms with van der Waals surface area (Å²) in [6.45, 7) is 5.71. The summed E-state index contributed by atoms with van der Waals surface area (Å²) in [5.41, 5.74) is -0.389. The number of likely N-dealkylation sites (N-methyl/N-ethyl adjacent to an activating group) is 1. The molecule has 1 saturated carbocycles. The second kappa shape index (κ2) is 6.56. The Balaban J connectivity index is 2.45. The number of benzene rings is 1. The number of nitrogens with zero attached hydrogens (tertiary/aromatic N) is 1. The fraction of sp³-hybridized carbons (Fsp3) is 0.588. The summed E-state index contributed by atoms with van der Waals surface area (Å²) in [5.74, 6) is -0.503. The minimum Gasteiger partial charge on any atom is -0.494 e. The van der Waals surface area contributed by atoms with Gasteiger partial charge in [-0.2, -0.15) is 0 Å². The molecule has 0 aromatic heterocycles. The number of carbonyl (C=O) groups excluding carboxylic acids is 1. The Bertz CT molecular complexity index is 506. The summed E-state index contributed by atoms with van der Waals surface area (Å²) >= 11 is 0.